The van der Waals surface area contributed by atoms with Crippen molar-refractivity contribution in [3.8, 4) is 5.75 Å². The lowest BCUT2D eigenvalue weighted by Gasteiger charge is -1.94. The second kappa shape index (κ2) is 2.53. The van der Waals surface area contributed by atoms with Gasteiger partial charge in [-0.05, 0) is 6.07 Å². The van der Waals surface area contributed by atoms with Crippen molar-refractivity contribution in [1.29, 1.82) is 0 Å². The number of aliphatic hydroxyl groups excluding tert-OH is 1. The molecule has 0 saturated heterocycles. The molecule has 4 nitrogen and oxygen atoms in total. The second-order valence-electron chi connectivity index (χ2n) is 1.72. The van der Waals surface area contributed by atoms with E-state index < -0.39 is 12.2 Å². The molecule has 0 radical (unpaired) electrons. The minimum Gasteiger partial charge on any atom is -0.504 e. The third-order valence-corrected chi connectivity index (χ3v) is 1.03. The van der Waals surface area contributed by atoms with Crippen molar-refractivity contribution in [2.24, 2.45) is 0 Å². The molecule has 1 rings (SSSR count). The van der Waals surface area contributed by atoms with Crippen LogP contribution in [0.4, 0.5) is 0 Å². The first-order valence-corrected chi connectivity index (χ1v) is 2.67. The van der Waals surface area contributed by atoms with E-state index in [1.807, 2.05) is 0 Å². The van der Waals surface area contributed by atoms with E-state index in [2.05, 4.69) is 4.42 Å². The van der Waals surface area contributed by atoms with Crippen LogP contribution in [0.15, 0.2) is 21.3 Å². The first-order valence-electron chi connectivity index (χ1n) is 2.67. The van der Waals surface area contributed by atoms with Crippen molar-refractivity contribution in [2.45, 2.75) is 6.61 Å². The number of rotatable bonds is 1. The quantitative estimate of drug-likeness (QED) is 0.571. The Morgan fingerprint density at radius 3 is 2.70 bits per heavy atom. The van der Waals surface area contributed by atoms with E-state index in [0.29, 0.717) is 0 Å². The van der Waals surface area contributed by atoms with Crippen LogP contribution in [0.2, 0.25) is 0 Å². The molecule has 0 amide bonds. The fourth-order valence-electron chi connectivity index (χ4n) is 0.561. The van der Waals surface area contributed by atoms with E-state index in [1.54, 1.807) is 0 Å². The largest absolute Gasteiger partial charge is 0.504 e. The van der Waals surface area contributed by atoms with E-state index in [9.17, 15) is 4.79 Å². The molecule has 4 heteroatoms. The zero-order valence-corrected chi connectivity index (χ0v) is 5.07. The summed E-state index contributed by atoms with van der Waals surface area (Å²) in [5.41, 5.74) is -0.582. The van der Waals surface area contributed by atoms with E-state index in [0.717, 1.165) is 6.07 Å². The summed E-state index contributed by atoms with van der Waals surface area (Å²) in [5, 5.41) is 17.3. The maximum Gasteiger partial charge on any atom is 0.336 e. The minimum absolute atomic E-state index is 0.104. The second-order valence-corrected chi connectivity index (χ2v) is 1.72. The van der Waals surface area contributed by atoms with Gasteiger partial charge < -0.3 is 14.6 Å². The van der Waals surface area contributed by atoms with Crippen molar-refractivity contribution in [3.63, 3.8) is 0 Å². The Bertz CT molecular complexity index is 275. The number of hydrogen-bond donors (Lipinski definition) is 2. The number of aliphatic hydroxyl groups is 1. The van der Waals surface area contributed by atoms with Crippen LogP contribution in [0.5, 0.6) is 5.75 Å². The topological polar surface area (TPSA) is 70.7 Å². The molecular formula is C6H6O4. The summed E-state index contributed by atoms with van der Waals surface area (Å²) in [4.78, 5) is 10.4. The molecule has 1 aromatic rings. The SMILES string of the molecule is O=c1ccc(O)c(CO)o1. The van der Waals surface area contributed by atoms with Crippen LogP contribution in [0.3, 0.4) is 0 Å². The number of aromatic hydroxyl groups is 1. The van der Waals surface area contributed by atoms with Crippen molar-refractivity contribution < 1.29 is 14.6 Å². The summed E-state index contributed by atoms with van der Waals surface area (Å²) >= 11 is 0. The Balaban J connectivity index is 3.22. The summed E-state index contributed by atoms with van der Waals surface area (Å²) in [5.74, 6) is -0.311. The fourth-order valence-corrected chi connectivity index (χ4v) is 0.561. The monoisotopic (exact) mass is 142 g/mol. The highest BCUT2D eigenvalue weighted by molar-refractivity contribution is 5.21. The lowest BCUT2D eigenvalue weighted by molar-refractivity contribution is 0.229. The van der Waals surface area contributed by atoms with Gasteiger partial charge in [-0.15, -0.1) is 0 Å². The van der Waals surface area contributed by atoms with E-state index in [4.69, 9.17) is 10.2 Å². The first kappa shape index (κ1) is 6.82. The van der Waals surface area contributed by atoms with E-state index in [-0.39, 0.29) is 11.5 Å². The predicted molar refractivity (Wildman–Crippen MR) is 32.6 cm³/mol. The molecule has 1 heterocycles. The van der Waals surface area contributed by atoms with Gasteiger partial charge in [0, 0.05) is 6.07 Å². The van der Waals surface area contributed by atoms with Gasteiger partial charge in [0.15, 0.2) is 11.5 Å². The van der Waals surface area contributed by atoms with Crippen LogP contribution in [-0.2, 0) is 6.61 Å². The van der Waals surface area contributed by atoms with Gasteiger partial charge in [-0.2, -0.15) is 0 Å². The molecule has 54 valence electrons. The summed E-state index contributed by atoms with van der Waals surface area (Å²) in [7, 11) is 0. The molecule has 0 spiro atoms. The van der Waals surface area contributed by atoms with Crippen molar-refractivity contribution >= 4 is 0 Å². The van der Waals surface area contributed by atoms with Crippen molar-refractivity contribution in [2.75, 3.05) is 0 Å². The molecule has 0 atom stereocenters. The average Bonchev–Trinajstić information content (AvgIpc) is 1.94. The molecule has 0 unspecified atom stereocenters. The van der Waals surface area contributed by atoms with Crippen LogP contribution < -0.4 is 5.63 Å². The van der Waals surface area contributed by atoms with Crippen molar-refractivity contribution in [3.05, 3.63) is 28.3 Å². The Kier molecular flexibility index (Phi) is 1.73. The van der Waals surface area contributed by atoms with E-state index in [1.165, 1.54) is 6.07 Å². The van der Waals surface area contributed by atoms with Gasteiger partial charge in [0.2, 0.25) is 0 Å². The van der Waals surface area contributed by atoms with Crippen LogP contribution >= 0.6 is 0 Å². The maximum atomic E-state index is 10.4. The van der Waals surface area contributed by atoms with Gasteiger partial charge in [0.05, 0.1) is 0 Å². The normalized spacial score (nSPS) is 9.70. The molecule has 0 saturated carbocycles. The Labute approximate surface area is 56.4 Å². The molecule has 10 heavy (non-hydrogen) atoms. The lowest BCUT2D eigenvalue weighted by Crippen LogP contribution is -1.98. The van der Waals surface area contributed by atoms with Crippen LogP contribution in [-0.4, -0.2) is 10.2 Å². The Morgan fingerprint density at radius 2 is 2.20 bits per heavy atom. The van der Waals surface area contributed by atoms with Gasteiger partial charge in [-0.3, -0.25) is 0 Å². The minimum atomic E-state index is -0.582. The van der Waals surface area contributed by atoms with Crippen LogP contribution in [0.25, 0.3) is 0 Å². The zero-order valence-electron chi connectivity index (χ0n) is 5.07. The lowest BCUT2D eigenvalue weighted by atomic mass is 10.4. The zero-order chi connectivity index (χ0) is 7.56. The summed E-state index contributed by atoms with van der Waals surface area (Å²) in [6, 6.07) is 2.26. The van der Waals surface area contributed by atoms with Gasteiger partial charge in [0.25, 0.3) is 0 Å². The van der Waals surface area contributed by atoms with E-state index >= 15 is 0 Å². The van der Waals surface area contributed by atoms with Crippen LogP contribution in [0, 0.1) is 0 Å². The molecule has 0 aromatic carbocycles. The summed E-state index contributed by atoms with van der Waals surface area (Å²) in [6.07, 6.45) is 0. The number of hydrogen-bond acceptors (Lipinski definition) is 4. The summed E-state index contributed by atoms with van der Waals surface area (Å²) in [6.45, 7) is -0.470. The fraction of sp³-hybridized carbons (Fsp3) is 0.167. The molecule has 0 aliphatic rings. The highest BCUT2D eigenvalue weighted by Gasteiger charge is 2.00. The molecule has 0 aliphatic heterocycles. The smallest absolute Gasteiger partial charge is 0.336 e. The Morgan fingerprint density at radius 1 is 1.50 bits per heavy atom. The Hall–Kier alpha value is -1.29. The standard InChI is InChI=1S/C6H6O4/c7-3-5-4(8)1-2-6(9)10-5/h1-2,7-8H,3H2. The highest BCUT2D eigenvalue weighted by Crippen LogP contribution is 2.11. The molecule has 0 aliphatic carbocycles. The van der Waals surface area contributed by atoms with Gasteiger partial charge >= 0.3 is 5.63 Å². The maximum absolute atomic E-state index is 10.4. The van der Waals surface area contributed by atoms with Gasteiger partial charge in [-0.1, -0.05) is 0 Å². The van der Waals surface area contributed by atoms with Crippen molar-refractivity contribution in [1.82, 2.24) is 0 Å². The van der Waals surface area contributed by atoms with Gasteiger partial charge in [0.1, 0.15) is 6.61 Å². The molecule has 2 N–H and O–H groups in total. The predicted octanol–water partition coefficient (Wildman–Crippen LogP) is -0.162. The molecular weight excluding hydrogens is 136 g/mol. The van der Waals surface area contributed by atoms with Crippen LogP contribution in [0.1, 0.15) is 5.76 Å². The molecule has 0 bridgehead atoms. The average molecular weight is 142 g/mol. The molecule has 0 fully saturated rings. The third-order valence-electron chi connectivity index (χ3n) is 1.03. The highest BCUT2D eigenvalue weighted by atomic mass is 16.4. The van der Waals surface area contributed by atoms with Gasteiger partial charge in [-0.25, -0.2) is 4.79 Å². The third kappa shape index (κ3) is 1.16. The molecule has 1 aromatic heterocycles. The summed E-state index contributed by atoms with van der Waals surface area (Å²) < 4.78 is 4.40. The first-order chi connectivity index (χ1) is 4.74.